The molecule has 1 heterocycles. The molecular weight excluding hydrogens is 382 g/mol. The van der Waals surface area contributed by atoms with E-state index >= 15 is 0 Å². The Morgan fingerprint density at radius 3 is 2.61 bits per heavy atom. The van der Waals surface area contributed by atoms with Gasteiger partial charge in [0.15, 0.2) is 6.10 Å². The number of rotatable bonds is 7. The summed E-state index contributed by atoms with van der Waals surface area (Å²) >= 11 is 6.08. The summed E-state index contributed by atoms with van der Waals surface area (Å²) in [6, 6.07) is 14.4. The normalized spacial score (nSPS) is 12.0. The number of ether oxygens (including phenoxy) is 2. The highest BCUT2D eigenvalue weighted by Gasteiger charge is 2.25. The highest BCUT2D eigenvalue weighted by atomic mass is 35.5. The van der Waals surface area contributed by atoms with Gasteiger partial charge in [-0.15, -0.1) is 0 Å². The molecule has 0 saturated carbocycles. The first-order valence-electron chi connectivity index (χ1n) is 8.72. The molecule has 3 aromatic rings. The number of hydrogen-bond donors (Lipinski definition) is 1. The van der Waals surface area contributed by atoms with Gasteiger partial charge in [-0.3, -0.25) is 4.79 Å². The van der Waals surface area contributed by atoms with E-state index in [1.165, 1.54) is 14.0 Å². The fourth-order valence-corrected chi connectivity index (χ4v) is 2.99. The third kappa shape index (κ3) is 4.35. The minimum absolute atomic E-state index is 0.0359. The van der Waals surface area contributed by atoms with Gasteiger partial charge in [0.2, 0.25) is 5.76 Å². The number of esters is 1. The molecule has 146 valence electrons. The summed E-state index contributed by atoms with van der Waals surface area (Å²) in [5.41, 5.74) is 1.92. The lowest BCUT2D eigenvalue weighted by molar-refractivity contribution is -0.129. The van der Waals surface area contributed by atoms with Crippen molar-refractivity contribution in [1.82, 2.24) is 5.32 Å². The van der Waals surface area contributed by atoms with E-state index < -0.39 is 18.0 Å². The predicted octanol–water partition coefficient (Wildman–Crippen LogP) is 4.09. The molecule has 1 atom stereocenters. The van der Waals surface area contributed by atoms with Crippen LogP contribution in [0.4, 0.5) is 0 Å². The Bertz CT molecular complexity index is 997. The average molecular weight is 402 g/mol. The Morgan fingerprint density at radius 1 is 1.14 bits per heavy atom. The monoisotopic (exact) mass is 401 g/mol. The van der Waals surface area contributed by atoms with Crippen molar-refractivity contribution in [1.29, 1.82) is 0 Å². The fraction of sp³-hybridized carbons (Fsp3) is 0.238. The van der Waals surface area contributed by atoms with Gasteiger partial charge in [0.25, 0.3) is 5.91 Å². The highest BCUT2D eigenvalue weighted by Crippen LogP contribution is 2.27. The van der Waals surface area contributed by atoms with Crippen LogP contribution in [0.15, 0.2) is 52.9 Å². The molecule has 0 aliphatic rings. The van der Waals surface area contributed by atoms with E-state index in [9.17, 15) is 9.59 Å². The number of hydrogen-bond acceptors (Lipinski definition) is 5. The van der Waals surface area contributed by atoms with Crippen molar-refractivity contribution < 1.29 is 23.5 Å². The molecule has 0 aliphatic heterocycles. The van der Waals surface area contributed by atoms with Crippen LogP contribution in [0.3, 0.4) is 0 Å². The van der Waals surface area contributed by atoms with Gasteiger partial charge < -0.3 is 19.2 Å². The molecule has 3 rings (SSSR count). The number of amides is 1. The number of methoxy groups -OCH3 is 1. The van der Waals surface area contributed by atoms with Crippen molar-refractivity contribution >= 4 is 34.4 Å². The molecule has 0 bridgehead atoms. The third-order valence-corrected chi connectivity index (χ3v) is 4.61. The van der Waals surface area contributed by atoms with E-state index in [1.54, 1.807) is 12.1 Å². The molecule has 0 saturated heterocycles. The second kappa shape index (κ2) is 8.91. The first-order valence-corrected chi connectivity index (χ1v) is 9.10. The number of para-hydroxylation sites is 1. The van der Waals surface area contributed by atoms with E-state index in [2.05, 4.69) is 5.32 Å². The lowest BCUT2D eigenvalue weighted by atomic mass is 10.1. The van der Waals surface area contributed by atoms with Crippen LogP contribution in [-0.2, 0) is 27.4 Å². The predicted molar refractivity (Wildman–Crippen MR) is 105 cm³/mol. The SMILES string of the molecule is COCc1c(C(=O)O[C@@H](C)C(=O)NCc2ccccc2Cl)oc2ccccc12. The summed E-state index contributed by atoms with van der Waals surface area (Å²) in [6.45, 7) is 1.92. The van der Waals surface area contributed by atoms with Crippen molar-refractivity contribution in [3.63, 3.8) is 0 Å². The second-order valence-corrected chi connectivity index (χ2v) is 6.60. The molecule has 0 unspecified atom stereocenters. The van der Waals surface area contributed by atoms with E-state index in [0.29, 0.717) is 16.2 Å². The summed E-state index contributed by atoms with van der Waals surface area (Å²) in [7, 11) is 1.53. The van der Waals surface area contributed by atoms with Crippen LogP contribution in [-0.4, -0.2) is 25.1 Å². The molecular formula is C21H20ClNO5. The van der Waals surface area contributed by atoms with Crippen molar-refractivity contribution in [3.05, 3.63) is 70.4 Å². The quantitative estimate of drug-likeness (QED) is 0.603. The number of halogens is 1. The van der Waals surface area contributed by atoms with Gasteiger partial charge in [-0.2, -0.15) is 0 Å². The van der Waals surface area contributed by atoms with E-state index in [4.69, 9.17) is 25.5 Å². The molecule has 0 spiro atoms. The molecule has 28 heavy (non-hydrogen) atoms. The smallest absolute Gasteiger partial charge is 0.375 e. The number of carbonyl (C=O) groups is 2. The van der Waals surface area contributed by atoms with E-state index in [0.717, 1.165) is 10.9 Å². The fourth-order valence-electron chi connectivity index (χ4n) is 2.79. The Balaban J connectivity index is 1.68. The average Bonchev–Trinajstić information content (AvgIpc) is 3.06. The lowest BCUT2D eigenvalue weighted by Gasteiger charge is -2.13. The van der Waals surface area contributed by atoms with E-state index in [1.807, 2.05) is 36.4 Å². The van der Waals surface area contributed by atoms with Gasteiger partial charge in [-0.25, -0.2) is 4.79 Å². The summed E-state index contributed by atoms with van der Waals surface area (Å²) in [6.07, 6.45) is -1.00. The van der Waals surface area contributed by atoms with Crippen LogP contribution in [0.2, 0.25) is 5.02 Å². The Hall–Kier alpha value is -2.83. The first kappa shape index (κ1) is 19.9. The first-order chi connectivity index (χ1) is 13.5. The number of benzene rings is 2. The minimum atomic E-state index is -1.00. The van der Waals surface area contributed by atoms with Crippen molar-refractivity contribution in [2.45, 2.75) is 26.2 Å². The number of nitrogens with one attached hydrogen (secondary N) is 1. The zero-order valence-electron chi connectivity index (χ0n) is 15.5. The van der Waals surface area contributed by atoms with Crippen molar-refractivity contribution in [2.24, 2.45) is 0 Å². The number of carbonyl (C=O) groups excluding carboxylic acids is 2. The molecule has 1 amide bonds. The third-order valence-electron chi connectivity index (χ3n) is 4.24. The Labute approximate surface area is 167 Å². The molecule has 1 aromatic heterocycles. The highest BCUT2D eigenvalue weighted by molar-refractivity contribution is 6.31. The van der Waals surface area contributed by atoms with Gasteiger partial charge >= 0.3 is 5.97 Å². The standard InChI is InChI=1S/C21H20ClNO5/c1-13(20(24)23-11-14-7-3-5-9-17(14)22)27-21(25)19-16(12-26-2)15-8-4-6-10-18(15)28-19/h3-10,13H,11-12H2,1-2H3,(H,23,24)/t13-/m0/s1. The molecule has 7 heteroatoms. The molecule has 1 N–H and O–H groups in total. The van der Waals surface area contributed by atoms with Crippen molar-refractivity contribution in [2.75, 3.05) is 7.11 Å². The van der Waals surface area contributed by atoms with Crippen LogP contribution in [0.5, 0.6) is 0 Å². The zero-order chi connectivity index (χ0) is 20.1. The second-order valence-electron chi connectivity index (χ2n) is 6.20. The van der Waals surface area contributed by atoms with Crippen LogP contribution in [0.1, 0.15) is 28.6 Å². The van der Waals surface area contributed by atoms with Crippen LogP contribution in [0.25, 0.3) is 11.0 Å². The molecule has 0 fully saturated rings. The van der Waals surface area contributed by atoms with Crippen molar-refractivity contribution in [3.8, 4) is 0 Å². The van der Waals surface area contributed by atoms with Gasteiger partial charge in [-0.1, -0.05) is 48.0 Å². The zero-order valence-corrected chi connectivity index (χ0v) is 16.3. The summed E-state index contributed by atoms with van der Waals surface area (Å²) < 4.78 is 16.1. The van der Waals surface area contributed by atoms with E-state index in [-0.39, 0.29) is 18.9 Å². The molecule has 6 nitrogen and oxygen atoms in total. The molecule has 0 aliphatic carbocycles. The van der Waals surface area contributed by atoms with Gasteiger partial charge in [0.05, 0.1) is 6.61 Å². The lowest BCUT2D eigenvalue weighted by Crippen LogP contribution is -2.35. The largest absolute Gasteiger partial charge is 0.449 e. The Morgan fingerprint density at radius 2 is 1.86 bits per heavy atom. The maximum atomic E-state index is 12.6. The maximum Gasteiger partial charge on any atom is 0.375 e. The molecule has 2 aromatic carbocycles. The summed E-state index contributed by atoms with van der Waals surface area (Å²) in [5, 5.41) is 4.03. The topological polar surface area (TPSA) is 77.8 Å². The van der Waals surface area contributed by atoms with Crippen LogP contribution >= 0.6 is 11.6 Å². The maximum absolute atomic E-state index is 12.6. The number of fused-ring (bicyclic) bond motifs is 1. The molecule has 0 radical (unpaired) electrons. The Kier molecular flexibility index (Phi) is 6.34. The van der Waals surface area contributed by atoms with Crippen LogP contribution < -0.4 is 5.32 Å². The van der Waals surface area contributed by atoms with Gasteiger partial charge in [-0.05, 0) is 24.6 Å². The van der Waals surface area contributed by atoms with Crippen LogP contribution in [0, 0.1) is 0 Å². The summed E-state index contributed by atoms with van der Waals surface area (Å²) in [5.74, 6) is -1.12. The summed E-state index contributed by atoms with van der Waals surface area (Å²) in [4.78, 5) is 24.9. The van der Waals surface area contributed by atoms with Gasteiger partial charge in [0.1, 0.15) is 5.58 Å². The minimum Gasteiger partial charge on any atom is -0.449 e. The number of furan rings is 1. The van der Waals surface area contributed by atoms with Gasteiger partial charge in [0, 0.05) is 29.6 Å².